The second-order valence-electron chi connectivity index (χ2n) is 6.19. The van der Waals surface area contributed by atoms with Crippen molar-refractivity contribution in [3.05, 3.63) is 70.0 Å². The summed E-state index contributed by atoms with van der Waals surface area (Å²) in [4.78, 5) is 21.1. The van der Waals surface area contributed by atoms with Gasteiger partial charge in [-0.05, 0) is 48.9 Å². The van der Waals surface area contributed by atoms with E-state index in [9.17, 15) is 4.79 Å². The van der Waals surface area contributed by atoms with E-state index in [-0.39, 0.29) is 12.7 Å². The van der Waals surface area contributed by atoms with Gasteiger partial charge in [-0.25, -0.2) is 9.97 Å². The minimum Gasteiger partial charge on any atom is -0.454 e. The predicted molar refractivity (Wildman–Crippen MR) is 109 cm³/mol. The van der Waals surface area contributed by atoms with Gasteiger partial charge in [0.1, 0.15) is 0 Å². The van der Waals surface area contributed by atoms with E-state index in [1.807, 2.05) is 42.5 Å². The molecule has 0 spiro atoms. The number of nitrogens with zero attached hydrogens (tertiary/aromatic N) is 2. The highest BCUT2D eigenvalue weighted by molar-refractivity contribution is 9.10. The Morgan fingerprint density at radius 1 is 1.14 bits per heavy atom. The zero-order valence-corrected chi connectivity index (χ0v) is 16.6. The molecule has 0 saturated carbocycles. The summed E-state index contributed by atoms with van der Waals surface area (Å²) in [6.07, 6.45) is 1.53. The molecular weight excluding hydrogens is 424 g/mol. The summed E-state index contributed by atoms with van der Waals surface area (Å²) >= 11 is 3.37. The monoisotopic (exact) mass is 440 g/mol. The number of halogens is 1. The average Bonchev–Trinajstić information content (AvgIpc) is 3.16. The molecular formula is C20H17BrN4O3. The molecule has 3 aromatic rings. The number of rotatable bonds is 5. The van der Waals surface area contributed by atoms with Crippen LogP contribution < -0.4 is 20.1 Å². The fourth-order valence-corrected chi connectivity index (χ4v) is 3.00. The Morgan fingerprint density at radius 3 is 2.71 bits per heavy atom. The first-order valence-electron chi connectivity index (χ1n) is 8.61. The van der Waals surface area contributed by atoms with E-state index in [1.54, 1.807) is 6.92 Å². The minimum absolute atomic E-state index is 0.248. The molecule has 0 fully saturated rings. The zero-order valence-electron chi connectivity index (χ0n) is 15.0. The third-order valence-electron chi connectivity index (χ3n) is 4.21. The molecule has 4 rings (SSSR count). The number of nitrogens with one attached hydrogen (secondary N) is 2. The first-order valence-corrected chi connectivity index (χ1v) is 9.41. The van der Waals surface area contributed by atoms with Crippen LogP contribution >= 0.6 is 15.9 Å². The van der Waals surface area contributed by atoms with E-state index in [0.717, 1.165) is 21.5 Å². The van der Waals surface area contributed by atoms with E-state index < -0.39 is 0 Å². The maximum atomic E-state index is 12.5. The Hall–Kier alpha value is -3.13. The SMILES string of the molecule is Cc1nc(NCc2ccc3c(c2)OCO3)ncc1C(=O)Nc1ccc(Br)cc1. The number of benzene rings is 2. The second-order valence-corrected chi connectivity index (χ2v) is 7.11. The van der Waals surface area contributed by atoms with Crippen molar-refractivity contribution in [2.75, 3.05) is 17.4 Å². The van der Waals surface area contributed by atoms with Crippen LogP contribution in [0.5, 0.6) is 11.5 Å². The Bertz CT molecular complexity index is 1020. The van der Waals surface area contributed by atoms with E-state index in [4.69, 9.17) is 9.47 Å². The highest BCUT2D eigenvalue weighted by Gasteiger charge is 2.14. The normalized spacial score (nSPS) is 11.9. The number of anilines is 2. The fraction of sp³-hybridized carbons (Fsp3) is 0.150. The molecule has 0 saturated heterocycles. The van der Waals surface area contributed by atoms with Gasteiger partial charge in [0.05, 0.1) is 11.3 Å². The third kappa shape index (κ3) is 4.07. The molecule has 7 nitrogen and oxygen atoms in total. The quantitative estimate of drug-likeness (QED) is 0.619. The summed E-state index contributed by atoms with van der Waals surface area (Å²) in [6, 6.07) is 13.1. The molecule has 142 valence electrons. The Kier molecular flexibility index (Phi) is 5.12. The van der Waals surface area contributed by atoms with Crippen LogP contribution in [0.15, 0.2) is 53.1 Å². The molecule has 0 unspecified atom stereocenters. The second kappa shape index (κ2) is 7.85. The number of aromatic nitrogens is 2. The standard InChI is InChI=1S/C20H17BrN4O3/c1-12-16(19(26)25-15-5-3-14(21)4-6-15)10-23-20(24-12)22-9-13-2-7-17-18(8-13)28-11-27-17/h2-8,10H,9,11H2,1H3,(H,25,26)(H,22,23,24). The number of carbonyl (C=O) groups is 1. The lowest BCUT2D eigenvalue weighted by molar-refractivity contribution is 0.102. The van der Waals surface area contributed by atoms with Gasteiger partial charge in [-0.3, -0.25) is 4.79 Å². The average molecular weight is 441 g/mol. The lowest BCUT2D eigenvalue weighted by Gasteiger charge is -2.10. The van der Waals surface area contributed by atoms with Gasteiger partial charge in [-0.15, -0.1) is 0 Å². The first-order chi connectivity index (χ1) is 13.6. The molecule has 1 aliphatic heterocycles. The van der Waals surface area contributed by atoms with Gasteiger partial charge in [-0.2, -0.15) is 0 Å². The number of carbonyl (C=O) groups excluding carboxylic acids is 1. The summed E-state index contributed by atoms with van der Waals surface area (Å²) in [5, 5.41) is 6.00. The van der Waals surface area contributed by atoms with Gasteiger partial charge < -0.3 is 20.1 Å². The third-order valence-corrected chi connectivity index (χ3v) is 4.74. The van der Waals surface area contributed by atoms with Gasteiger partial charge in [0.2, 0.25) is 12.7 Å². The van der Waals surface area contributed by atoms with Crippen molar-refractivity contribution in [3.8, 4) is 11.5 Å². The zero-order chi connectivity index (χ0) is 19.5. The van der Waals surface area contributed by atoms with Crippen molar-refractivity contribution in [2.45, 2.75) is 13.5 Å². The molecule has 0 atom stereocenters. The summed E-state index contributed by atoms with van der Waals surface area (Å²) in [5.74, 6) is 1.69. The van der Waals surface area contributed by atoms with Crippen molar-refractivity contribution >= 4 is 33.5 Å². The van der Waals surface area contributed by atoms with Gasteiger partial charge in [-0.1, -0.05) is 22.0 Å². The maximum absolute atomic E-state index is 12.5. The number of fused-ring (bicyclic) bond motifs is 1. The predicted octanol–water partition coefficient (Wildman–Crippen LogP) is 4.14. The molecule has 0 aliphatic carbocycles. The lowest BCUT2D eigenvalue weighted by Crippen LogP contribution is -2.15. The Balaban J connectivity index is 1.41. The Morgan fingerprint density at radius 2 is 1.93 bits per heavy atom. The summed E-state index contributed by atoms with van der Waals surface area (Å²) in [7, 11) is 0. The van der Waals surface area contributed by atoms with Crippen LogP contribution in [0.1, 0.15) is 21.6 Å². The molecule has 1 aliphatic rings. The number of ether oxygens (including phenoxy) is 2. The smallest absolute Gasteiger partial charge is 0.259 e. The van der Waals surface area contributed by atoms with Crippen LogP contribution in [0, 0.1) is 6.92 Å². The van der Waals surface area contributed by atoms with Crippen molar-refractivity contribution in [1.29, 1.82) is 0 Å². The molecule has 2 N–H and O–H groups in total. The van der Waals surface area contributed by atoms with Crippen LogP contribution in [0.4, 0.5) is 11.6 Å². The van der Waals surface area contributed by atoms with E-state index in [2.05, 4.69) is 36.5 Å². The maximum Gasteiger partial charge on any atom is 0.259 e. The van der Waals surface area contributed by atoms with Crippen LogP contribution in [0.2, 0.25) is 0 Å². The van der Waals surface area contributed by atoms with Crippen molar-refractivity contribution < 1.29 is 14.3 Å². The van der Waals surface area contributed by atoms with Gasteiger partial charge in [0, 0.05) is 22.9 Å². The molecule has 8 heteroatoms. The minimum atomic E-state index is -0.248. The molecule has 28 heavy (non-hydrogen) atoms. The van der Waals surface area contributed by atoms with Crippen LogP contribution in [0.3, 0.4) is 0 Å². The summed E-state index contributed by atoms with van der Waals surface area (Å²) < 4.78 is 11.6. The summed E-state index contributed by atoms with van der Waals surface area (Å²) in [5.41, 5.74) is 2.74. The van der Waals surface area contributed by atoms with Gasteiger partial charge in [0.25, 0.3) is 5.91 Å². The van der Waals surface area contributed by atoms with Crippen molar-refractivity contribution in [2.24, 2.45) is 0 Å². The highest BCUT2D eigenvalue weighted by atomic mass is 79.9. The van der Waals surface area contributed by atoms with Crippen molar-refractivity contribution in [3.63, 3.8) is 0 Å². The fourth-order valence-electron chi connectivity index (χ4n) is 2.74. The van der Waals surface area contributed by atoms with Crippen LogP contribution in [-0.2, 0) is 6.54 Å². The number of aryl methyl sites for hydroxylation is 1. The van der Waals surface area contributed by atoms with E-state index >= 15 is 0 Å². The highest BCUT2D eigenvalue weighted by Crippen LogP contribution is 2.32. The lowest BCUT2D eigenvalue weighted by atomic mass is 10.2. The molecule has 2 aromatic carbocycles. The van der Waals surface area contributed by atoms with E-state index in [0.29, 0.717) is 29.4 Å². The number of hydrogen-bond acceptors (Lipinski definition) is 6. The molecule has 2 heterocycles. The van der Waals surface area contributed by atoms with Gasteiger partial charge in [0.15, 0.2) is 11.5 Å². The Labute approximate surface area is 170 Å². The molecule has 1 amide bonds. The van der Waals surface area contributed by atoms with E-state index in [1.165, 1.54) is 6.20 Å². The molecule has 0 radical (unpaired) electrons. The number of hydrogen-bond donors (Lipinski definition) is 2. The van der Waals surface area contributed by atoms with Crippen molar-refractivity contribution in [1.82, 2.24) is 9.97 Å². The number of amides is 1. The van der Waals surface area contributed by atoms with Gasteiger partial charge >= 0.3 is 0 Å². The first kappa shape index (κ1) is 18.2. The van der Waals surface area contributed by atoms with Crippen LogP contribution in [0.25, 0.3) is 0 Å². The van der Waals surface area contributed by atoms with Crippen LogP contribution in [-0.4, -0.2) is 22.7 Å². The topological polar surface area (TPSA) is 85.4 Å². The molecule has 0 bridgehead atoms. The largest absolute Gasteiger partial charge is 0.454 e. The molecule has 1 aromatic heterocycles. The summed E-state index contributed by atoms with van der Waals surface area (Å²) in [6.45, 7) is 2.56.